The summed E-state index contributed by atoms with van der Waals surface area (Å²) in [7, 11) is 0. The van der Waals surface area contributed by atoms with Gasteiger partial charge in [0.15, 0.2) is 0 Å². The van der Waals surface area contributed by atoms with Crippen LogP contribution in [-0.4, -0.2) is 12.0 Å². The zero-order chi connectivity index (χ0) is 11.8. The van der Waals surface area contributed by atoms with Gasteiger partial charge < -0.3 is 0 Å². The molecule has 0 aromatic heterocycles. The highest BCUT2D eigenvalue weighted by Gasteiger charge is 2.58. The number of carbonyl (C=O) groups excluding carboxylic acids is 1. The van der Waals surface area contributed by atoms with Crippen LogP contribution in [0.2, 0.25) is 5.02 Å². The Morgan fingerprint density at radius 3 is 2.56 bits per heavy atom. The number of aliphatic imine (C=N–C) groups is 1. The second kappa shape index (κ2) is 3.65. The van der Waals surface area contributed by atoms with Gasteiger partial charge in [0.05, 0.1) is 0 Å². The molecular weight excluding hydrogens is 236 g/mol. The quantitative estimate of drug-likeness (QED) is 0.579. The maximum absolute atomic E-state index is 12.9. The van der Waals surface area contributed by atoms with Gasteiger partial charge in [-0.15, -0.1) is 0 Å². The molecule has 1 aromatic rings. The molecule has 0 unspecified atom stereocenters. The van der Waals surface area contributed by atoms with Crippen molar-refractivity contribution in [2.24, 2.45) is 4.99 Å². The van der Waals surface area contributed by atoms with Crippen molar-refractivity contribution < 1.29 is 13.6 Å². The summed E-state index contributed by atoms with van der Waals surface area (Å²) in [6.07, 6.45) is 0.439. The summed E-state index contributed by atoms with van der Waals surface area (Å²) >= 11 is 5.78. The number of alkyl halides is 2. The molecule has 0 atom stereocenters. The SMILES string of the molecule is O=C=NC1(c2cccc(Cl)c2)CC(F)(F)C1. The van der Waals surface area contributed by atoms with Crippen LogP contribution < -0.4 is 0 Å². The molecule has 1 aliphatic carbocycles. The number of hydrogen-bond donors (Lipinski definition) is 0. The molecule has 16 heavy (non-hydrogen) atoms. The van der Waals surface area contributed by atoms with E-state index >= 15 is 0 Å². The molecule has 2 nitrogen and oxygen atoms in total. The highest BCUT2D eigenvalue weighted by atomic mass is 35.5. The van der Waals surface area contributed by atoms with Crippen molar-refractivity contribution >= 4 is 17.7 Å². The third kappa shape index (κ3) is 1.86. The zero-order valence-corrected chi connectivity index (χ0v) is 8.97. The first-order chi connectivity index (χ1) is 7.47. The Morgan fingerprint density at radius 2 is 2.06 bits per heavy atom. The van der Waals surface area contributed by atoms with E-state index in [1.807, 2.05) is 0 Å². The Morgan fingerprint density at radius 1 is 1.38 bits per heavy atom. The zero-order valence-electron chi connectivity index (χ0n) is 8.21. The summed E-state index contributed by atoms with van der Waals surface area (Å²) in [4.78, 5) is 13.8. The van der Waals surface area contributed by atoms with Gasteiger partial charge in [-0.05, 0) is 17.7 Å². The Labute approximate surface area is 95.9 Å². The van der Waals surface area contributed by atoms with Gasteiger partial charge in [0.1, 0.15) is 5.54 Å². The van der Waals surface area contributed by atoms with Crippen molar-refractivity contribution in [2.45, 2.75) is 24.3 Å². The van der Waals surface area contributed by atoms with Crippen molar-refractivity contribution in [1.82, 2.24) is 0 Å². The first-order valence-electron chi connectivity index (χ1n) is 4.70. The molecule has 1 aliphatic rings. The predicted molar refractivity (Wildman–Crippen MR) is 55.4 cm³/mol. The smallest absolute Gasteiger partial charge is 0.211 e. The van der Waals surface area contributed by atoms with Gasteiger partial charge in [-0.3, -0.25) is 0 Å². The van der Waals surface area contributed by atoms with E-state index in [4.69, 9.17) is 11.6 Å². The molecule has 1 saturated carbocycles. The van der Waals surface area contributed by atoms with Gasteiger partial charge in [-0.2, -0.15) is 4.99 Å². The van der Waals surface area contributed by atoms with Crippen molar-refractivity contribution in [3.05, 3.63) is 34.9 Å². The summed E-state index contributed by atoms with van der Waals surface area (Å²) in [5.74, 6) is -2.76. The van der Waals surface area contributed by atoms with Crippen LogP contribution in [0.5, 0.6) is 0 Å². The fraction of sp³-hybridized carbons (Fsp3) is 0.364. The second-order valence-electron chi connectivity index (χ2n) is 3.95. The van der Waals surface area contributed by atoms with E-state index in [0.29, 0.717) is 10.6 Å². The van der Waals surface area contributed by atoms with Gasteiger partial charge in [0, 0.05) is 17.9 Å². The minimum absolute atomic E-state index is 0.438. The molecule has 0 heterocycles. The molecule has 0 N–H and O–H groups in total. The lowest BCUT2D eigenvalue weighted by Crippen LogP contribution is -2.48. The van der Waals surface area contributed by atoms with E-state index in [9.17, 15) is 13.6 Å². The molecule has 84 valence electrons. The lowest BCUT2D eigenvalue weighted by atomic mass is 9.69. The van der Waals surface area contributed by atoms with Crippen LogP contribution in [0.25, 0.3) is 0 Å². The molecule has 0 bridgehead atoms. The van der Waals surface area contributed by atoms with Crippen LogP contribution in [0.1, 0.15) is 18.4 Å². The molecule has 0 aliphatic heterocycles. The largest absolute Gasteiger partial charge is 0.253 e. The van der Waals surface area contributed by atoms with Crippen molar-refractivity contribution in [3.63, 3.8) is 0 Å². The van der Waals surface area contributed by atoms with E-state index < -0.39 is 24.3 Å². The molecular formula is C11H8ClF2NO. The lowest BCUT2D eigenvalue weighted by molar-refractivity contribution is -0.124. The van der Waals surface area contributed by atoms with E-state index in [2.05, 4.69) is 4.99 Å². The molecule has 0 spiro atoms. The summed E-state index contributed by atoms with van der Waals surface area (Å²) < 4.78 is 25.8. The summed E-state index contributed by atoms with van der Waals surface area (Å²) in [6, 6.07) is 6.48. The van der Waals surface area contributed by atoms with Gasteiger partial charge in [-0.25, -0.2) is 13.6 Å². The van der Waals surface area contributed by atoms with Gasteiger partial charge in [-0.1, -0.05) is 23.7 Å². The van der Waals surface area contributed by atoms with Crippen LogP contribution in [0.15, 0.2) is 29.3 Å². The Hall–Kier alpha value is -1.25. The van der Waals surface area contributed by atoms with Crippen LogP contribution in [0.3, 0.4) is 0 Å². The normalized spacial score (nSPS) is 20.7. The van der Waals surface area contributed by atoms with Crippen LogP contribution >= 0.6 is 11.6 Å². The molecule has 2 rings (SSSR count). The molecule has 0 saturated heterocycles. The number of rotatable bonds is 2. The molecule has 5 heteroatoms. The van der Waals surface area contributed by atoms with E-state index in [-0.39, 0.29) is 0 Å². The number of isocyanates is 1. The fourth-order valence-corrected chi connectivity index (χ4v) is 2.21. The highest BCUT2D eigenvalue weighted by Crippen LogP contribution is 2.54. The van der Waals surface area contributed by atoms with E-state index in [1.165, 1.54) is 6.08 Å². The maximum atomic E-state index is 12.9. The molecule has 0 radical (unpaired) electrons. The summed E-state index contributed by atoms with van der Waals surface area (Å²) in [6.45, 7) is 0. The summed E-state index contributed by atoms with van der Waals surface area (Å²) in [5.41, 5.74) is -0.606. The van der Waals surface area contributed by atoms with Crippen molar-refractivity contribution in [3.8, 4) is 0 Å². The molecule has 1 fully saturated rings. The topological polar surface area (TPSA) is 29.4 Å². The number of benzene rings is 1. The van der Waals surface area contributed by atoms with Crippen molar-refractivity contribution in [2.75, 3.05) is 0 Å². The Bertz CT molecular complexity index is 461. The number of nitrogens with zero attached hydrogens (tertiary/aromatic N) is 1. The number of hydrogen-bond acceptors (Lipinski definition) is 2. The third-order valence-corrected chi connectivity index (χ3v) is 2.96. The van der Waals surface area contributed by atoms with Crippen LogP contribution in [0, 0.1) is 0 Å². The van der Waals surface area contributed by atoms with Gasteiger partial charge >= 0.3 is 0 Å². The second-order valence-corrected chi connectivity index (χ2v) is 4.39. The average Bonchev–Trinajstić information content (AvgIpc) is 2.15. The van der Waals surface area contributed by atoms with E-state index in [1.54, 1.807) is 24.3 Å². The van der Waals surface area contributed by atoms with Gasteiger partial charge in [0.2, 0.25) is 6.08 Å². The molecule has 1 aromatic carbocycles. The molecule has 0 amide bonds. The third-order valence-electron chi connectivity index (χ3n) is 2.72. The first-order valence-corrected chi connectivity index (χ1v) is 5.08. The minimum atomic E-state index is -2.76. The first kappa shape index (κ1) is 11.2. The Kier molecular flexibility index (Phi) is 2.56. The predicted octanol–water partition coefficient (Wildman–Crippen LogP) is 3.30. The summed E-state index contributed by atoms with van der Waals surface area (Å²) in [5, 5.41) is 0.438. The van der Waals surface area contributed by atoms with Crippen molar-refractivity contribution in [1.29, 1.82) is 0 Å². The maximum Gasteiger partial charge on any atom is 0.253 e. The van der Waals surface area contributed by atoms with Crippen LogP contribution in [0.4, 0.5) is 8.78 Å². The average molecular weight is 244 g/mol. The van der Waals surface area contributed by atoms with Crippen LogP contribution in [-0.2, 0) is 10.3 Å². The fourth-order valence-electron chi connectivity index (χ4n) is 2.02. The van der Waals surface area contributed by atoms with Gasteiger partial charge in [0.25, 0.3) is 5.92 Å². The lowest BCUT2D eigenvalue weighted by Gasteiger charge is -2.43. The highest BCUT2D eigenvalue weighted by molar-refractivity contribution is 6.30. The standard InChI is InChI=1S/C11H8ClF2NO/c12-9-3-1-2-8(4-9)10(15-7-16)5-11(13,14)6-10/h1-4H,5-6H2. The Balaban J connectivity index is 2.39. The monoisotopic (exact) mass is 243 g/mol. The number of halogens is 3. The van der Waals surface area contributed by atoms with E-state index in [0.717, 1.165) is 0 Å². The minimum Gasteiger partial charge on any atom is -0.211 e.